The summed E-state index contributed by atoms with van der Waals surface area (Å²) in [6.07, 6.45) is 9.09. The molecule has 0 amide bonds. The highest BCUT2D eigenvalue weighted by Gasteiger charge is 2.16. The topological polar surface area (TPSA) is 25.2 Å². The third kappa shape index (κ3) is 4.22. The van der Waals surface area contributed by atoms with Gasteiger partial charge in [-0.2, -0.15) is 0 Å². The Balaban J connectivity index is 2.31. The molecule has 0 aliphatic heterocycles. The first-order valence-electron chi connectivity index (χ1n) is 5.31. The highest BCUT2D eigenvalue weighted by atomic mass is 16.3. The molecular formula is C13H19NO. The highest BCUT2D eigenvalue weighted by Crippen LogP contribution is 2.08. The van der Waals surface area contributed by atoms with Crippen molar-refractivity contribution in [1.29, 1.82) is 0 Å². The van der Waals surface area contributed by atoms with Crippen molar-refractivity contribution in [1.82, 2.24) is 5.32 Å². The molecule has 0 saturated carbocycles. The minimum atomic E-state index is -0.234. The van der Waals surface area contributed by atoms with Crippen LogP contribution < -0.4 is 5.32 Å². The summed E-state index contributed by atoms with van der Waals surface area (Å²) in [6, 6.07) is 4.30. The molecule has 2 nitrogen and oxygen atoms in total. The predicted molar refractivity (Wildman–Crippen MR) is 62.5 cm³/mol. The molecule has 1 aromatic heterocycles. The van der Waals surface area contributed by atoms with E-state index in [1.807, 2.05) is 26.0 Å². The van der Waals surface area contributed by atoms with E-state index in [0.717, 1.165) is 18.6 Å². The van der Waals surface area contributed by atoms with Crippen LogP contribution >= 0.6 is 0 Å². The Hall–Kier alpha value is -1.20. The van der Waals surface area contributed by atoms with Gasteiger partial charge in [-0.3, -0.25) is 5.32 Å². The molecule has 0 fully saturated rings. The van der Waals surface area contributed by atoms with Gasteiger partial charge in [0.15, 0.2) is 0 Å². The van der Waals surface area contributed by atoms with Gasteiger partial charge in [0.25, 0.3) is 0 Å². The van der Waals surface area contributed by atoms with E-state index in [9.17, 15) is 0 Å². The molecule has 0 radical (unpaired) electrons. The Morgan fingerprint density at radius 2 is 2.33 bits per heavy atom. The van der Waals surface area contributed by atoms with Gasteiger partial charge in [0.1, 0.15) is 5.76 Å². The first kappa shape index (κ1) is 11.9. The van der Waals surface area contributed by atoms with E-state index in [1.54, 1.807) is 6.26 Å². The molecule has 0 bridgehead atoms. The van der Waals surface area contributed by atoms with Crippen LogP contribution in [0, 0.1) is 12.3 Å². The molecule has 82 valence electrons. The normalized spacial score (nSPS) is 13.5. The van der Waals surface area contributed by atoms with E-state index in [2.05, 4.69) is 18.2 Å². The molecule has 2 heteroatoms. The monoisotopic (exact) mass is 205 g/mol. The summed E-state index contributed by atoms with van der Waals surface area (Å²) < 4.78 is 5.27. The van der Waals surface area contributed by atoms with Crippen LogP contribution in [-0.4, -0.2) is 11.6 Å². The van der Waals surface area contributed by atoms with Crippen molar-refractivity contribution in [2.24, 2.45) is 0 Å². The molecule has 1 aromatic rings. The van der Waals surface area contributed by atoms with Gasteiger partial charge in [-0.15, -0.1) is 6.42 Å². The third-order valence-electron chi connectivity index (χ3n) is 2.37. The van der Waals surface area contributed by atoms with Gasteiger partial charge in [-0.25, -0.2) is 0 Å². The molecule has 0 aliphatic rings. The van der Waals surface area contributed by atoms with Crippen LogP contribution in [0.4, 0.5) is 0 Å². The van der Waals surface area contributed by atoms with E-state index in [0.29, 0.717) is 6.04 Å². The van der Waals surface area contributed by atoms with Gasteiger partial charge in [-0.1, -0.05) is 5.92 Å². The van der Waals surface area contributed by atoms with Gasteiger partial charge in [0.2, 0.25) is 0 Å². The quantitative estimate of drug-likeness (QED) is 0.747. The molecule has 1 rings (SSSR count). The summed E-state index contributed by atoms with van der Waals surface area (Å²) in [6.45, 7) is 6.16. The zero-order valence-corrected chi connectivity index (χ0v) is 9.71. The first-order chi connectivity index (χ1) is 7.03. The Morgan fingerprint density at radius 3 is 2.87 bits per heavy atom. The van der Waals surface area contributed by atoms with Crippen LogP contribution in [0.2, 0.25) is 0 Å². The summed E-state index contributed by atoms with van der Waals surface area (Å²) in [4.78, 5) is 0. The second kappa shape index (κ2) is 5.04. The van der Waals surface area contributed by atoms with Crippen molar-refractivity contribution in [3.05, 3.63) is 24.2 Å². The van der Waals surface area contributed by atoms with Crippen molar-refractivity contribution in [3.8, 4) is 12.3 Å². The van der Waals surface area contributed by atoms with Gasteiger partial charge in [0.05, 0.1) is 11.8 Å². The lowest BCUT2D eigenvalue weighted by Gasteiger charge is -2.24. The van der Waals surface area contributed by atoms with E-state index in [1.165, 1.54) is 0 Å². The van der Waals surface area contributed by atoms with Crippen LogP contribution in [-0.2, 0) is 6.42 Å². The largest absolute Gasteiger partial charge is 0.469 e. The third-order valence-corrected chi connectivity index (χ3v) is 2.37. The molecule has 0 saturated heterocycles. The van der Waals surface area contributed by atoms with E-state index >= 15 is 0 Å². The molecule has 1 unspecified atom stereocenters. The average Bonchev–Trinajstić information content (AvgIpc) is 2.66. The maximum absolute atomic E-state index is 5.41. The SMILES string of the molecule is C#CC(C)(C)NC(C)CCc1ccco1. The number of hydrogen-bond acceptors (Lipinski definition) is 2. The number of rotatable bonds is 5. The van der Waals surface area contributed by atoms with Gasteiger partial charge in [0, 0.05) is 12.5 Å². The fourth-order valence-corrected chi connectivity index (χ4v) is 1.54. The van der Waals surface area contributed by atoms with Crippen molar-refractivity contribution in [2.45, 2.75) is 45.2 Å². The van der Waals surface area contributed by atoms with E-state index in [-0.39, 0.29) is 5.54 Å². The zero-order valence-electron chi connectivity index (χ0n) is 9.71. The van der Waals surface area contributed by atoms with Crippen LogP contribution in [0.15, 0.2) is 22.8 Å². The molecule has 0 aliphatic carbocycles. The predicted octanol–water partition coefficient (Wildman–Crippen LogP) is 2.60. The second-order valence-corrected chi connectivity index (χ2v) is 4.43. The number of hydrogen-bond donors (Lipinski definition) is 1. The highest BCUT2D eigenvalue weighted by molar-refractivity contribution is 5.08. The Labute approximate surface area is 92.1 Å². The number of furan rings is 1. The summed E-state index contributed by atoms with van der Waals surface area (Å²) in [7, 11) is 0. The second-order valence-electron chi connectivity index (χ2n) is 4.43. The fraction of sp³-hybridized carbons (Fsp3) is 0.538. The molecule has 1 atom stereocenters. The van der Waals surface area contributed by atoms with Crippen molar-refractivity contribution in [3.63, 3.8) is 0 Å². The number of terminal acetylenes is 1. The van der Waals surface area contributed by atoms with Crippen molar-refractivity contribution in [2.75, 3.05) is 0 Å². The fourth-order valence-electron chi connectivity index (χ4n) is 1.54. The average molecular weight is 205 g/mol. The molecule has 0 spiro atoms. The standard InChI is InChI=1S/C13H19NO/c1-5-13(3,4)14-11(2)8-9-12-7-6-10-15-12/h1,6-7,10-11,14H,8-9H2,2-4H3. The Morgan fingerprint density at radius 1 is 1.60 bits per heavy atom. The number of aryl methyl sites for hydroxylation is 1. The van der Waals surface area contributed by atoms with Crippen molar-refractivity contribution < 1.29 is 4.42 Å². The van der Waals surface area contributed by atoms with Crippen LogP contribution in [0.1, 0.15) is 33.0 Å². The molecular weight excluding hydrogens is 186 g/mol. The van der Waals surface area contributed by atoms with Gasteiger partial charge >= 0.3 is 0 Å². The zero-order chi connectivity index (χ0) is 11.3. The van der Waals surface area contributed by atoms with Crippen molar-refractivity contribution >= 4 is 0 Å². The van der Waals surface area contributed by atoms with Gasteiger partial charge in [-0.05, 0) is 39.3 Å². The Bertz CT molecular complexity index is 319. The maximum Gasteiger partial charge on any atom is 0.103 e. The summed E-state index contributed by atoms with van der Waals surface area (Å²) in [5.41, 5.74) is -0.234. The van der Waals surface area contributed by atoms with Crippen LogP contribution in [0.25, 0.3) is 0 Å². The number of nitrogens with one attached hydrogen (secondary N) is 1. The lowest BCUT2D eigenvalue weighted by atomic mass is 10.0. The molecule has 0 aromatic carbocycles. The molecule has 15 heavy (non-hydrogen) atoms. The maximum atomic E-state index is 5.41. The molecule has 1 N–H and O–H groups in total. The first-order valence-corrected chi connectivity index (χ1v) is 5.31. The Kier molecular flexibility index (Phi) is 3.99. The minimum Gasteiger partial charge on any atom is -0.469 e. The molecule has 1 heterocycles. The van der Waals surface area contributed by atoms with Gasteiger partial charge < -0.3 is 4.42 Å². The summed E-state index contributed by atoms with van der Waals surface area (Å²) in [5.74, 6) is 3.76. The van der Waals surface area contributed by atoms with E-state index < -0.39 is 0 Å². The lowest BCUT2D eigenvalue weighted by molar-refractivity contribution is 0.393. The smallest absolute Gasteiger partial charge is 0.103 e. The lowest BCUT2D eigenvalue weighted by Crippen LogP contribution is -2.43. The summed E-state index contributed by atoms with van der Waals surface area (Å²) >= 11 is 0. The van der Waals surface area contributed by atoms with Crippen LogP contribution in [0.3, 0.4) is 0 Å². The van der Waals surface area contributed by atoms with Crippen LogP contribution in [0.5, 0.6) is 0 Å². The van der Waals surface area contributed by atoms with E-state index in [4.69, 9.17) is 10.8 Å². The summed E-state index contributed by atoms with van der Waals surface area (Å²) in [5, 5.41) is 3.39. The minimum absolute atomic E-state index is 0.234.